The lowest BCUT2D eigenvalue weighted by atomic mass is 10.0. The molecule has 0 saturated heterocycles. The lowest BCUT2D eigenvalue weighted by Crippen LogP contribution is -2.26. The van der Waals surface area contributed by atoms with E-state index in [-0.39, 0.29) is 16.9 Å². The van der Waals surface area contributed by atoms with Gasteiger partial charge in [0.2, 0.25) is 10.6 Å². The van der Waals surface area contributed by atoms with Gasteiger partial charge in [0, 0.05) is 5.56 Å². The minimum absolute atomic E-state index is 0.224. The van der Waals surface area contributed by atoms with Gasteiger partial charge in [-0.2, -0.15) is 10.1 Å². The summed E-state index contributed by atoms with van der Waals surface area (Å²) in [4.78, 5) is 31.6. The fraction of sp³-hybridized carbons (Fsp3) is 0.0345. The van der Waals surface area contributed by atoms with Crippen LogP contribution in [0.5, 0.6) is 0 Å². The molecule has 0 saturated carbocycles. The summed E-state index contributed by atoms with van der Waals surface area (Å²) in [6, 6.07) is 26.2. The third-order valence-corrected chi connectivity index (χ3v) is 6.94. The molecule has 6 nitrogen and oxygen atoms in total. The number of carbonyl (C=O) groups excluding carboxylic acids is 1. The van der Waals surface area contributed by atoms with E-state index in [1.807, 2.05) is 61.5 Å². The van der Waals surface area contributed by atoms with E-state index in [4.69, 9.17) is 4.42 Å². The van der Waals surface area contributed by atoms with Crippen LogP contribution in [0.1, 0.15) is 21.5 Å². The van der Waals surface area contributed by atoms with Crippen LogP contribution in [0, 0.1) is 6.92 Å². The van der Waals surface area contributed by atoms with E-state index in [9.17, 15) is 9.59 Å². The van der Waals surface area contributed by atoms with Crippen molar-refractivity contribution in [2.45, 2.75) is 6.92 Å². The van der Waals surface area contributed by atoms with Crippen molar-refractivity contribution in [3.05, 3.63) is 118 Å². The number of hydrogen-bond donors (Lipinski definition) is 0. The van der Waals surface area contributed by atoms with Crippen molar-refractivity contribution in [3.63, 3.8) is 0 Å². The van der Waals surface area contributed by atoms with Crippen LogP contribution >= 0.6 is 11.3 Å². The molecule has 0 bridgehead atoms. The second-order valence-corrected chi connectivity index (χ2v) is 9.38. The Hall–Kier alpha value is -4.62. The van der Waals surface area contributed by atoms with Crippen molar-refractivity contribution < 1.29 is 9.21 Å². The number of anilines is 1. The fourth-order valence-corrected chi connectivity index (χ4v) is 5.15. The molecular weight excluding hydrogens is 470 g/mol. The van der Waals surface area contributed by atoms with E-state index in [2.05, 4.69) is 10.1 Å². The van der Waals surface area contributed by atoms with Gasteiger partial charge in [-0.1, -0.05) is 65.9 Å². The number of aryl methyl sites for hydroxylation is 1. The molecule has 0 aliphatic rings. The highest BCUT2D eigenvalue weighted by atomic mass is 32.1. The Morgan fingerprint density at radius 3 is 2.64 bits per heavy atom. The van der Waals surface area contributed by atoms with Crippen LogP contribution in [-0.4, -0.2) is 17.1 Å². The van der Waals surface area contributed by atoms with Crippen molar-refractivity contribution in [2.75, 3.05) is 5.01 Å². The molecule has 0 aliphatic heterocycles. The van der Waals surface area contributed by atoms with Gasteiger partial charge in [-0.3, -0.25) is 9.59 Å². The Bertz CT molecular complexity index is 1860. The summed E-state index contributed by atoms with van der Waals surface area (Å²) < 4.78 is 6.56. The number of benzene rings is 4. The summed E-state index contributed by atoms with van der Waals surface area (Å²) >= 11 is 1.37. The molecule has 0 fully saturated rings. The summed E-state index contributed by atoms with van der Waals surface area (Å²) in [5.41, 5.74) is 2.87. The first kappa shape index (κ1) is 21.9. The quantitative estimate of drug-likeness (QED) is 0.208. The summed E-state index contributed by atoms with van der Waals surface area (Å²) in [5, 5.41) is 8.36. The lowest BCUT2D eigenvalue weighted by molar-refractivity contribution is 0.0989. The van der Waals surface area contributed by atoms with Gasteiger partial charge in [0.05, 0.1) is 27.4 Å². The molecule has 4 aromatic carbocycles. The van der Waals surface area contributed by atoms with E-state index in [1.165, 1.54) is 28.8 Å². The van der Waals surface area contributed by atoms with Crippen LogP contribution < -0.4 is 10.4 Å². The second-order valence-electron chi connectivity index (χ2n) is 8.37. The molecule has 7 heteroatoms. The molecule has 0 atom stereocenters. The highest BCUT2D eigenvalue weighted by Gasteiger charge is 2.23. The van der Waals surface area contributed by atoms with Crippen LogP contribution in [0.4, 0.5) is 5.13 Å². The molecule has 0 unspecified atom stereocenters. The molecular formula is C29H19N3O3S. The third kappa shape index (κ3) is 3.85. The maximum Gasteiger partial charge on any atom is 0.281 e. The van der Waals surface area contributed by atoms with Crippen LogP contribution in [0.2, 0.25) is 0 Å². The van der Waals surface area contributed by atoms with Crippen molar-refractivity contribution >= 4 is 60.5 Å². The van der Waals surface area contributed by atoms with Crippen LogP contribution in [0.25, 0.3) is 32.0 Å². The number of hydrogen-bond acceptors (Lipinski definition) is 6. The standard InChI is InChI=1S/C29H19N3O3S/c1-18-13-14-24-26(15-18)36-29(31-24)32(28(34)22-11-6-8-19-7-2-3-9-21(19)22)30-16-20-17-35-25-12-5-4-10-23(25)27(20)33/h2-17H,1H3/b30-16+. The average Bonchev–Trinajstić information content (AvgIpc) is 3.32. The number of fused-ring (bicyclic) bond motifs is 3. The summed E-state index contributed by atoms with van der Waals surface area (Å²) in [5.74, 6) is -0.344. The normalized spacial score (nSPS) is 11.6. The van der Waals surface area contributed by atoms with Crippen molar-refractivity contribution in [1.82, 2.24) is 4.98 Å². The zero-order valence-corrected chi connectivity index (χ0v) is 20.0. The molecule has 0 radical (unpaired) electrons. The molecule has 0 N–H and O–H groups in total. The van der Waals surface area contributed by atoms with E-state index in [0.29, 0.717) is 21.7 Å². The monoisotopic (exact) mass is 489 g/mol. The number of para-hydroxylation sites is 1. The Kier molecular flexibility index (Phi) is 5.39. The lowest BCUT2D eigenvalue weighted by Gasteiger charge is -2.15. The molecule has 174 valence electrons. The number of rotatable bonds is 4. The predicted molar refractivity (Wildman–Crippen MR) is 145 cm³/mol. The van der Waals surface area contributed by atoms with Crippen LogP contribution in [0.15, 0.2) is 106 Å². The second kappa shape index (κ2) is 8.87. The number of thiazole rings is 1. The zero-order chi connectivity index (χ0) is 24.6. The maximum absolute atomic E-state index is 13.9. The Balaban J connectivity index is 1.49. The van der Waals surface area contributed by atoms with Crippen LogP contribution in [-0.2, 0) is 0 Å². The molecule has 2 heterocycles. The van der Waals surface area contributed by atoms with Gasteiger partial charge in [0.1, 0.15) is 11.8 Å². The Morgan fingerprint density at radius 1 is 0.972 bits per heavy atom. The average molecular weight is 490 g/mol. The minimum Gasteiger partial charge on any atom is -0.463 e. The summed E-state index contributed by atoms with van der Waals surface area (Å²) in [6.07, 6.45) is 2.72. The van der Waals surface area contributed by atoms with Crippen molar-refractivity contribution in [3.8, 4) is 0 Å². The summed E-state index contributed by atoms with van der Waals surface area (Å²) in [7, 11) is 0. The number of aromatic nitrogens is 1. The van der Waals surface area contributed by atoms with Gasteiger partial charge < -0.3 is 4.42 Å². The predicted octanol–water partition coefficient (Wildman–Crippen LogP) is 6.55. The number of hydrazone groups is 1. The van der Waals surface area contributed by atoms with Gasteiger partial charge in [0.15, 0.2) is 0 Å². The fourth-order valence-electron chi connectivity index (χ4n) is 4.13. The molecule has 2 aromatic heterocycles. The molecule has 6 rings (SSSR count). The van der Waals surface area contributed by atoms with E-state index < -0.39 is 0 Å². The third-order valence-electron chi connectivity index (χ3n) is 5.95. The molecule has 0 spiro atoms. The topological polar surface area (TPSA) is 75.8 Å². The maximum atomic E-state index is 13.9. The van der Waals surface area contributed by atoms with Gasteiger partial charge in [-0.25, -0.2) is 4.98 Å². The van der Waals surface area contributed by atoms with E-state index in [0.717, 1.165) is 26.6 Å². The van der Waals surface area contributed by atoms with Gasteiger partial charge in [0.25, 0.3) is 5.91 Å². The zero-order valence-electron chi connectivity index (χ0n) is 19.2. The van der Waals surface area contributed by atoms with Gasteiger partial charge >= 0.3 is 0 Å². The van der Waals surface area contributed by atoms with E-state index in [1.54, 1.807) is 30.3 Å². The molecule has 1 amide bonds. The van der Waals surface area contributed by atoms with Crippen molar-refractivity contribution in [2.24, 2.45) is 5.10 Å². The van der Waals surface area contributed by atoms with Gasteiger partial charge in [-0.05, 0) is 53.6 Å². The Labute approximate surface area is 209 Å². The highest BCUT2D eigenvalue weighted by molar-refractivity contribution is 7.22. The molecule has 0 aliphatic carbocycles. The van der Waals surface area contributed by atoms with Crippen LogP contribution in [0.3, 0.4) is 0 Å². The SMILES string of the molecule is Cc1ccc2nc(N(/N=C/c3coc4ccccc4c3=O)C(=O)c3cccc4ccccc34)sc2c1. The largest absolute Gasteiger partial charge is 0.463 e. The van der Waals surface area contributed by atoms with Crippen molar-refractivity contribution in [1.29, 1.82) is 0 Å². The highest BCUT2D eigenvalue weighted by Crippen LogP contribution is 2.31. The Morgan fingerprint density at radius 2 is 1.75 bits per heavy atom. The number of carbonyl (C=O) groups is 1. The molecule has 36 heavy (non-hydrogen) atoms. The first-order valence-corrected chi connectivity index (χ1v) is 12.1. The molecule has 6 aromatic rings. The van der Waals surface area contributed by atoms with Gasteiger partial charge in [-0.15, -0.1) is 0 Å². The summed E-state index contributed by atoms with van der Waals surface area (Å²) in [6.45, 7) is 2.01. The first-order valence-electron chi connectivity index (χ1n) is 11.3. The number of amides is 1. The van der Waals surface area contributed by atoms with E-state index >= 15 is 0 Å². The number of nitrogens with zero attached hydrogens (tertiary/aromatic N) is 3. The minimum atomic E-state index is -0.344. The first-order chi connectivity index (χ1) is 17.6. The smallest absolute Gasteiger partial charge is 0.281 e.